The van der Waals surface area contributed by atoms with Gasteiger partial charge < -0.3 is 14.8 Å². The first-order valence-corrected chi connectivity index (χ1v) is 6.84. The summed E-state index contributed by atoms with van der Waals surface area (Å²) in [5.74, 6) is 0.261. The lowest BCUT2D eigenvalue weighted by Gasteiger charge is -2.21. The van der Waals surface area contributed by atoms with Crippen molar-refractivity contribution in [2.45, 2.75) is 32.9 Å². The van der Waals surface area contributed by atoms with Gasteiger partial charge in [-0.3, -0.25) is 0 Å². The zero-order valence-corrected chi connectivity index (χ0v) is 13.3. The van der Waals surface area contributed by atoms with E-state index in [2.05, 4.69) is 46.8 Å². The van der Waals surface area contributed by atoms with Gasteiger partial charge in [-0.2, -0.15) is 0 Å². The molecule has 0 unspecified atom stereocenters. The van der Waals surface area contributed by atoms with Crippen LogP contribution in [0.15, 0.2) is 22.7 Å². The van der Waals surface area contributed by atoms with Crippen molar-refractivity contribution < 1.29 is 14.3 Å². The Kier molecular flexibility index (Phi) is 5.82. The molecule has 5 heteroatoms. The predicted molar refractivity (Wildman–Crippen MR) is 78.2 cm³/mol. The Morgan fingerprint density at radius 1 is 1.37 bits per heavy atom. The van der Waals surface area contributed by atoms with Crippen molar-refractivity contribution in [2.75, 3.05) is 13.7 Å². The second-order valence-electron chi connectivity index (χ2n) is 5.22. The van der Waals surface area contributed by atoms with E-state index in [0.29, 0.717) is 5.75 Å². The van der Waals surface area contributed by atoms with Gasteiger partial charge in [0.1, 0.15) is 5.75 Å². The van der Waals surface area contributed by atoms with Crippen LogP contribution in [0.3, 0.4) is 0 Å². The van der Waals surface area contributed by atoms with Crippen molar-refractivity contribution in [3.8, 4) is 5.75 Å². The molecule has 0 aliphatic rings. The number of hydrogen-bond donors (Lipinski definition) is 1. The van der Waals surface area contributed by atoms with Gasteiger partial charge in [-0.05, 0) is 44.5 Å². The average Bonchev–Trinajstić information content (AvgIpc) is 2.34. The number of nitrogens with one attached hydrogen (secondary N) is 1. The topological polar surface area (TPSA) is 47.6 Å². The zero-order chi connectivity index (χ0) is 14.5. The van der Waals surface area contributed by atoms with Gasteiger partial charge >= 0.3 is 5.97 Å². The predicted octanol–water partition coefficient (Wildman–Crippen LogP) is 2.89. The molecule has 106 valence electrons. The average molecular weight is 330 g/mol. The number of carbonyl (C=O) groups is 1. The second-order valence-corrected chi connectivity index (χ2v) is 6.08. The molecule has 0 heterocycles. The highest BCUT2D eigenvalue weighted by Gasteiger charge is 2.11. The summed E-state index contributed by atoms with van der Waals surface area (Å²) in [4.78, 5) is 11.0. The summed E-state index contributed by atoms with van der Waals surface area (Å²) in [6.07, 6.45) is 0. The molecule has 0 saturated heterocycles. The Bertz CT molecular complexity index is 441. The normalized spacial score (nSPS) is 11.2. The van der Waals surface area contributed by atoms with Crippen LogP contribution >= 0.6 is 15.9 Å². The number of methoxy groups -OCH3 is 1. The number of benzene rings is 1. The van der Waals surface area contributed by atoms with Crippen LogP contribution in [0.5, 0.6) is 5.75 Å². The van der Waals surface area contributed by atoms with Gasteiger partial charge in [0.15, 0.2) is 6.61 Å². The Balaban J connectivity index is 2.68. The standard InChI is InChI=1S/C14H20BrNO3/c1-14(2,3)16-8-10-7-11(5-6-12(10)15)19-9-13(17)18-4/h5-7,16H,8-9H2,1-4H3. The molecule has 0 bridgehead atoms. The maximum absolute atomic E-state index is 11.0. The number of carbonyl (C=O) groups excluding carboxylic acids is 1. The van der Waals surface area contributed by atoms with Gasteiger partial charge in [-0.1, -0.05) is 15.9 Å². The van der Waals surface area contributed by atoms with Crippen molar-refractivity contribution in [3.05, 3.63) is 28.2 Å². The molecule has 0 atom stereocenters. The van der Waals surface area contributed by atoms with Crippen LogP contribution in [0.25, 0.3) is 0 Å². The van der Waals surface area contributed by atoms with Crippen LogP contribution in [0.4, 0.5) is 0 Å². The number of hydrogen-bond acceptors (Lipinski definition) is 4. The summed E-state index contributed by atoms with van der Waals surface area (Å²) in [6.45, 7) is 6.97. The van der Waals surface area contributed by atoms with Crippen LogP contribution in [-0.4, -0.2) is 25.2 Å². The highest BCUT2D eigenvalue weighted by Crippen LogP contribution is 2.23. The number of rotatable bonds is 5. The molecule has 1 aromatic carbocycles. The van der Waals surface area contributed by atoms with E-state index >= 15 is 0 Å². The molecule has 1 aromatic rings. The fourth-order valence-electron chi connectivity index (χ4n) is 1.34. The lowest BCUT2D eigenvalue weighted by atomic mass is 10.1. The Labute approximate surface area is 122 Å². The highest BCUT2D eigenvalue weighted by molar-refractivity contribution is 9.10. The van der Waals surface area contributed by atoms with Gasteiger partial charge in [-0.15, -0.1) is 0 Å². The summed E-state index contributed by atoms with van der Waals surface area (Å²) in [5, 5.41) is 3.41. The molecule has 0 aliphatic carbocycles. The van der Waals surface area contributed by atoms with Crippen molar-refractivity contribution in [2.24, 2.45) is 0 Å². The SMILES string of the molecule is COC(=O)COc1ccc(Br)c(CNC(C)(C)C)c1. The summed E-state index contributed by atoms with van der Waals surface area (Å²) in [6, 6.07) is 5.63. The van der Waals surface area contributed by atoms with Crippen LogP contribution in [0, 0.1) is 0 Å². The largest absolute Gasteiger partial charge is 0.482 e. The van der Waals surface area contributed by atoms with Gasteiger partial charge in [0.25, 0.3) is 0 Å². The first-order valence-electron chi connectivity index (χ1n) is 6.05. The van der Waals surface area contributed by atoms with E-state index in [1.54, 1.807) is 0 Å². The molecule has 0 radical (unpaired) electrons. The third kappa shape index (κ3) is 6.07. The smallest absolute Gasteiger partial charge is 0.343 e. The Morgan fingerprint density at radius 2 is 2.05 bits per heavy atom. The first-order chi connectivity index (χ1) is 8.81. The molecular weight excluding hydrogens is 310 g/mol. The van der Waals surface area contributed by atoms with Gasteiger partial charge in [0.05, 0.1) is 7.11 Å². The summed E-state index contributed by atoms with van der Waals surface area (Å²) in [5.41, 5.74) is 1.12. The second kappa shape index (κ2) is 6.91. The van der Waals surface area contributed by atoms with Crippen LogP contribution < -0.4 is 10.1 Å². The molecule has 19 heavy (non-hydrogen) atoms. The first kappa shape index (κ1) is 16.0. The Hall–Kier alpha value is -1.07. The number of halogens is 1. The molecule has 0 saturated carbocycles. The van der Waals surface area contributed by atoms with E-state index in [4.69, 9.17) is 4.74 Å². The molecule has 0 aromatic heterocycles. The molecule has 0 spiro atoms. The fourth-order valence-corrected chi connectivity index (χ4v) is 1.72. The lowest BCUT2D eigenvalue weighted by Crippen LogP contribution is -2.35. The summed E-state index contributed by atoms with van der Waals surface area (Å²) < 4.78 is 10.9. The third-order valence-corrected chi connectivity index (χ3v) is 3.18. The molecule has 1 rings (SSSR count). The van der Waals surface area contributed by atoms with Gasteiger partial charge in [-0.25, -0.2) is 4.79 Å². The molecule has 4 nitrogen and oxygen atoms in total. The van der Waals surface area contributed by atoms with E-state index in [0.717, 1.165) is 16.6 Å². The van der Waals surface area contributed by atoms with Crippen molar-refractivity contribution in [3.63, 3.8) is 0 Å². The lowest BCUT2D eigenvalue weighted by molar-refractivity contribution is -0.142. The van der Waals surface area contributed by atoms with Gasteiger partial charge in [0.2, 0.25) is 0 Å². The minimum Gasteiger partial charge on any atom is -0.482 e. The van der Waals surface area contributed by atoms with E-state index in [-0.39, 0.29) is 12.1 Å². The van der Waals surface area contributed by atoms with E-state index in [1.165, 1.54) is 7.11 Å². The number of esters is 1. The maximum atomic E-state index is 11.0. The molecule has 0 amide bonds. The quantitative estimate of drug-likeness (QED) is 0.844. The molecule has 0 fully saturated rings. The van der Waals surface area contributed by atoms with Crippen molar-refractivity contribution in [1.29, 1.82) is 0 Å². The fraction of sp³-hybridized carbons (Fsp3) is 0.500. The Morgan fingerprint density at radius 3 is 2.63 bits per heavy atom. The van der Waals surface area contributed by atoms with Crippen LogP contribution in [0.2, 0.25) is 0 Å². The van der Waals surface area contributed by atoms with Crippen LogP contribution in [0.1, 0.15) is 26.3 Å². The minimum absolute atomic E-state index is 0.0440. The molecule has 0 aliphatic heterocycles. The molecule has 1 N–H and O–H groups in total. The van der Waals surface area contributed by atoms with Crippen LogP contribution in [-0.2, 0) is 16.1 Å². The zero-order valence-electron chi connectivity index (χ0n) is 11.7. The number of ether oxygens (including phenoxy) is 2. The summed E-state index contributed by atoms with van der Waals surface area (Å²) in [7, 11) is 1.34. The maximum Gasteiger partial charge on any atom is 0.343 e. The summed E-state index contributed by atoms with van der Waals surface area (Å²) >= 11 is 3.50. The van der Waals surface area contributed by atoms with Crippen molar-refractivity contribution in [1.82, 2.24) is 5.32 Å². The third-order valence-electron chi connectivity index (χ3n) is 2.41. The van der Waals surface area contributed by atoms with E-state index in [1.807, 2.05) is 18.2 Å². The van der Waals surface area contributed by atoms with E-state index < -0.39 is 5.97 Å². The minimum atomic E-state index is -0.391. The van der Waals surface area contributed by atoms with E-state index in [9.17, 15) is 4.79 Å². The monoisotopic (exact) mass is 329 g/mol. The highest BCUT2D eigenvalue weighted by atomic mass is 79.9. The molecular formula is C14H20BrNO3. The van der Waals surface area contributed by atoms with Crippen molar-refractivity contribution >= 4 is 21.9 Å². The van der Waals surface area contributed by atoms with Gasteiger partial charge in [0, 0.05) is 16.6 Å².